The number of nitrogens with zero attached hydrogens (tertiary/aromatic N) is 3. The Kier molecular flexibility index (Phi) is 3.30. The molecule has 1 fully saturated rings. The molecule has 0 atom stereocenters. The molecule has 1 saturated heterocycles. The van der Waals surface area contributed by atoms with Crippen molar-refractivity contribution in [3.8, 4) is 6.07 Å². The average molecular weight is 245 g/mol. The van der Waals surface area contributed by atoms with E-state index in [1.54, 1.807) is 18.2 Å². The number of benzene rings is 1. The Bertz CT molecular complexity index is 499. The maximum Gasteiger partial charge on any atom is 0.274 e. The molecule has 1 aliphatic heterocycles. The van der Waals surface area contributed by atoms with Gasteiger partial charge in [0.2, 0.25) is 0 Å². The van der Waals surface area contributed by atoms with E-state index in [9.17, 15) is 15.4 Å². The zero-order chi connectivity index (χ0) is 13.2. The lowest BCUT2D eigenvalue weighted by Crippen LogP contribution is -2.40. The van der Waals surface area contributed by atoms with Gasteiger partial charge in [0.05, 0.1) is 22.0 Å². The first kappa shape index (κ1) is 12.5. The van der Waals surface area contributed by atoms with Crippen molar-refractivity contribution in [2.45, 2.75) is 18.3 Å². The number of nitro groups is 1. The van der Waals surface area contributed by atoms with E-state index in [2.05, 4.69) is 11.0 Å². The van der Waals surface area contributed by atoms with Crippen molar-refractivity contribution in [3.63, 3.8) is 0 Å². The number of para-hydroxylation sites is 1. The Morgan fingerprint density at radius 3 is 2.56 bits per heavy atom. The summed E-state index contributed by atoms with van der Waals surface area (Å²) in [6.45, 7) is 1.58. The Labute approximate surface area is 106 Å². The fourth-order valence-electron chi connectivity index (χ4n) is 2.48. The van der Waals surface area contributed by atoms with Gasteiger partial charge in [-0.05, 0) is 33.0 Å². The standard InChI is InChI=1S/C13H15N3O2/c1-15-8-6-13(10-14,7-9-15)11-4-2-3-5-12(11)16(17)18/h2-5H,6-9H2,1H3. The van der Waals surface area contributed by atoms with Crippen LogP contribution in [0.2, 0.25) is 0 Å². The SMILES string of the molecule is CN1CCC(C#N)(c2ccccc2[N+](=O)[O-])CC1. The Morgan fingerprint density at radius 2 is 2.00 bits per heavy atom. The maximum absolute atomic E-state index is 11.1. The molecule has 5 nitrogen and oxygen atoms in total. The minimum Gasteiger partial charge on any atom is -0.306 e. The minimum absolute atomic E-state index is 0.0589. The molecule has 18 heavy (non-hydrogen) atoms. The summed E-state index contributed by atoms with van der Waals surface area (Å²) in [6, 6.07) is 8.92. The van der Waals surface area contributed by atoms with E-state index >= 15 is 0 Å². The summed E-state index contributed by atoms with van der Waals surface area (Å²) < 4.78 is 0. The third kappa shape index (κ3) is 2.07. The molecule has 0 bridgehead atoms. The molecule has 0 spiro atoms. The molecular weight excluding hydrogens is 230 g/mol. The normalized spacial score (nSPS) is 19.1. The molecule has 0 amide bonds. The molecule has 0 radical (unpaired) electrons. The van der Waals surface area contributed by atoms with Gasteiger partial charge in [-0.1, -0.05) is 18.2 Å². The third-order valence-corrected chi connectivity index (χ3v) is 3.67. The summed E-state index contributed by atoms with van der Waals surface area (Å²) in [4.78, 5) is 12.8. The Hall–Kier alpha value is -1.93. The second-order valence-corrected chi connectivity index (χ2v) is 4.77. The fourth-order valence-corrected chi connectivity index (χ4v) is 2.48. The summed E-state index contributed by atoms with van der Waals surface area (Å²) in [5, 5.41) is 20.6. The maximum atomic E-state index is 11.1. The van der Waals surface area contributed by atoms with Gasteiger partial charge >= 0.3 is 0 Å². The van der Waals surface area contributed by atoms with Crippen LogP contribution in [0.1, 0.15) is 18.4 Å². The smallest absolute Gasteiger partial charge is 0.274 e. The van der Waals surface area contributed by atoms with Crippen LogP contribution in [0.15, 0.2) is 24.3 Å². The molecule has 0 aromatic heterocycles. The zero-order valence-electron chi connectivity index (χ0n) is 10.3. The number of rotatable bonds is 2. The van der Waals surface area contributed by atoms with Crippen LogP contribution < -0.4 is 0 Å². The first-order chi connectivity index (χ1) is 8.59. The lowest BCUT2D eigenvalue weighted by Gasteiger charge is -2.35. The molecule has 0 aliphatic carbocycles. The fraction of sp³-hybridized carbons (Fsp3) is 0.462. The summed E-state index contributed by atoms with van der Waals surface area (Å²) in [6.07, 6.45) is 1.29. The van der Waals surface area contributed by atoms with Crippen molar-refractivity contribution in [2.24, 2.45) is 0 Å². The molecule has 0 saturated carbocycles. The summed E-state index contributed by atoms with van der Waals surface area (Å²) in [5.74, 6) is 0. The molecule has 1 aromatic rings. The highest BCUT2D eigenvalue weighted by atomic mass is 16.6. The van der Waals surface area contributed by atoms with Crippen LogP contribution in [0.5, 0.6) is 0 Å². The predicted octanol–water partition coefficient (Wildman–Crippen LogP) is 2.08. The second-order valence-electron chi connectivity index (χ2n) is 4.77. The van der Waals surface area contributed by atoms with Crippen LogP contribution in [0.25, 0.3) is 0 Å². The van der Waals surface area contributed by atoms with E-state index in [1.807, 2.05) is 7.05 Å². The molecular formula is C13H15N3O2. The van der Waals surface area contributed by atoms with Crippen molar-refractivity contribution < 1.29 is 4.92 Å². The van der Waals surface area contributed by atoms with E-state index in [0.29, 0.717) is 18.4 Å². The van der Waals surface area contributed by atoms with Gasteiger partial charge in [0.15, 0.2) is 0 Å². The number of piperidine rings is 1. The highest BCUT2D eigenvalue weighted by Gasteiger charge is 2.39. The van der Waals surface area contributed by atoms with Crippen molar-refractivity contribution >= 4 is 5.69 Å². The van der Waals surface area contributed by atoms with Gasteiger partial charge in [-0.25, -0.2) is 0 Å². The molecule has 1 heterocycles. The Morgan fingerprint density at radius 1 is 1.39 bits per heavy atom. The van der Waals surface area contributed by atoms with Crippen LogP contribution >= 0.6 is 0 Å². The van der Waals surface area contributed by atoms with Crippen LogP contribution in [0.3, 0.4) is 0 Å². The van der Waals surface area contributed by atoms with Gasteiger partial charge in [-0.2, -0.15) is 5.26 Å². The average Bonchev–Trinajstić information content (AvgIpc) is 2.40. The molecule has 94 valence electrons. The van der Waals surface area contributed by atoms with Gasteiger partial charge < -0.3 is 4.90 Å². The van der Waals surface area contributed by atoms with Crippen molar-refractivity contribution in [3.05, 3.63) is 39.9 Å². The first-order valence-electron chi connectivity index (χ1n) is 5.93. The van der Waals surface area contributed by atoms with E-state index < -0.39 is 10.3 Å². The van der Waals surface area contributed by atoms with Crippen LogP contribution in [0.4, 0.5) is 5.69 Å². The lowest BCUT2D eigenvalue weighted by atomic mass is 9.73. The van der Waals surface area contributed by atoms with Crippen molar-refractivity contribution in [1.82, 2.24) is 4.90 Å². The highest BCUT2D eigenvalue weighted by Crippen LogP contribution is 2.39. The van der Waals surface area contributed by atoms with Gasteiger partial charge in [0.1, 0.15) is 0 Å². The molecule has 1 aromatic carbocycles. The van der Waals surface area contributed by atoms with E-state index in [1.165, 1.54) is 6.07 Å². The number of hydrogen-bond acceptors (Lipinski definition) is 4. The monoisotopic (exact) mass is 245 g/mol. The van der Waals surface area contributed by atoms with Crippen LogP contribution in [-0.4, -0.2) is 30.0 Å². The summed E-state index contributed by atoms with van der Waals surface area (Å²) in [5.41, 5.74) is -0.0925. The third-order valence-electron chi connectivity index (χ3n) is 3.67. The molecule has 5 heteroatoms. The number of nitriles is 1. The van der Waals surface area contributed by atoms with Crippen molar-refractivity contribution in [1.29, 1.82) is 5.26 Å². The first-order valence-corrected chi connectivity index (χ1v) is 5.93. The second kappa shape index (κ2) is 4.75. The van der Waals surface area contributed by atoms with Gasteiger partial charge in [-0.15, -0.1) is 0 Å². The van der Waals surface area contributed by atoms with Gasteiger partial charge in [-0.3, -0.25) is 10.1 Å². The van der Waals surface area contributed by atoms with Crippen molar-refractivity contribution in [2.75, 3.05) is 20.1 Å². The molecule has 0 unspecified atom stereocenters. The number of likely N-dealkylation sites (tertiary alicyclic amines) is 1. The van der Waals surface area contributed by atoms with E-state index in [0.717, 1.165) is 13.1 Å². The van der Waals surface area contributed by atoms with E-state index in [4.69, 9.17) is 0 Å². The number of nitro benzene ring substituents is 1. The summed E-state index contributed by atoms with van der Waals surface area (Å²) >= 11 is 0. The van der Waals surface area contributed by atoms with Gasteiger partial charge in [0, 0.05) is 6.07 Å². The largest absolute Gasteiger partial charge is 0.306 e. The number of hydrogen-bond donors (Lipinski definition) is 0. The zero-order valence-corrected chi connectivity index (χ0v) is 10.3. The van der Waals surface area contributed by atoms with Crippen LogP contribution in [-0.2, 0) is 5.41 Å². The topological polar surface area (TPSA) is 70.2 Å². The molecule has 0 N–H and O–H groups in total. The lowest BCUT2D eigenvalue weighted by molar-refractivity contribution is -0.386. The Balaban J connectivity index is 2.46. The van der Waals surface area contributed by atoms with E-state index in [-0.39, 0.29) is 5.69 Å². The highest BCUT2D eigenvalue weighted by molar-refractivity contribution is 5.48. The predicted molar refractivity (Wildman–Crippen MR) is 67.1 cm³/mol. The quantitative estimate of drug-likeness (QED) is 0.590. The minimum atomic E-state index is -0.712. The molecule has 1 aliphatic rings. The van der Waals surface area contributed by atoms with Crippen LogP contribution in [0, 0.1) is 21.4 Å². The summed E-state index contributed by atoms with van der Waals surface area (Å²) in [7, 11) is 2.00. The van der Waals surface area contributed by atoms with Gasteiger partial charge in [0.25, 0.3) is 5.69 Å². The molecule has 2 rings (SSSR count).